The average molecular weight is 328 g/mol. The first kappa shape index (κ1) is 15.3. The number of hydrogen-bond donors (Lipinski definition) is 0. The Bertz CT molecular complexity index is 910. The lowest BCUT2D eigenvalue weighted by Gasteiger charge is -2.07. The van der Waals surface area contributed by atoms with E-state index < -0.39 is 0 Å². The summed E-state index contributed by atoms with van der Waals surface area (Å²) in [5, 5.41) is 1.26. The molecule has 1 heterocycles. The van der Waals surface area contributed by atoms with E-state index in [4.69, 9.17) is 16.3 Å². The molecule has 0 radical (unpaired) electrons. The molecule has 0 saturated heterocycles. The molecule has 0 N–H and O–H groups in total. The fraction of sp³-hybridized carbons (Fsp3) is 0.111. The van der Waals surface area contributed by atoms with Crippen LogP contribution in [0.25, 0.3) is 10.9 Å². The van der Waals surface area contributed by atoms with Crippen LogP contribution >= 0.6 is 11.6 Å². The minimum Gasteiger partial charge on any atom is -0.497 e. The molecular formula is C18H14ClNO3. The van der Waals surface area contributed by atoms with Crippen molar-refractivity contribution in [1.82, 2.24) is 4.57 Å². The van der Waals surface area contributed by atoms with Gasteiger partial charge in [-0.25, -0.2) is 0 Å². The second-order valence-electron chi connectivity index (χ2n) is 5.15. The van der Waals surface area contributed by atoms with Gasteiger partial charge in [0.2, 0.25) is 0 Å². The van der Waals surface area contributed by atoms with Gasteiger partial charge in [-0.15, -0.1) is 0 Å². The van der Waals surface area contributed by atoms with Gasteiger partial charge in [-0.3, -0.25) is 14.2 Å². The first-order valence-corrected chi connectivity index (χ1v) is 7.39. The quantitative estimate of drug-likeness (QED) is 0.680. The van der Waals surface area contributed by atoms with Crippen LogP contribution in [-0.4, -0.2) is 23.9 Å². The summed E-state index contributed by atoms with van der Waals surface area (Å²) in [6.45, 7) is 1.75. The number of carbonyl (C=O) groups excluding carboxylic acids is 2. The zero-order valence-electron chi connectivity index (χ0n) is 12.7. The monoisotopic (exact) mass is 327 g/mol. The number of aromatic nitrogens is 1. The van der Waals surface area contributed by atoms with E-state index in [-0.39, 0.29) is 5.91 Å². The molecular weight excluding hydrogens is 314 g/mol. The van der Waals surface area contributed by atoms with Gasteiger partial charge in [0, 0.05) is 27.2 Å². The highest BCUT2D eigenvalue weighted by Crippen LogP contribution is 2.29. The Kier molecular flexibility index (Phi) is 3.92. The molecule has 0 saturated carbocycles. The predicted molar refractivity (Wildman–Crippen MR) is 89.8 cm³/mol. The van der Waals surface area contributed by atoms with Crippen molar-refractivity contribution in [3.8, 4) is 5.75 Å². The summed E-state index contributed by atoms with van der Waals surface area (Å²) in [6, 6.07) is 12.0. The van der Waals surface area contributed by atoms with Gasteiger partial charge in [0.25, 0.3) is 5.91 Å². The standard InChI is InChI=1S/C18H14ClNO3/c1-11-16(10-21)15-9-14(23-2)7-8-17(15)20(11)18(22)12-3-5-13(19)6-4-12/h3-10H,1-2H3. The Morgan fingerprint density at radius 1 is 1.17 bits per heavy atom. The first-order valence-electron chi connectivity index (χ1n) is 7.01. The van der Waals surface area contributed by atoms with E-state index >= 15 is 0 Å². The van der Waals surface area contributed by atoms with Crippen molar-refractivity contribution < 1.29 is 14.3 Å². The molecule has 0 spiro atoms. The molecule has 0 unspecified atom stereocenters. The zero-order valence-corrected chi connectivity index (χ0v) is 13.4. The minimum absolute atomic E-state index is 0.206. The lowest BCUT2D eigenvalue weighted by atomic mass is 10.1. The van der Waals surface area contributed by atoms with Crippen LogP contribution in [0.2, 0.25) is 5.02 Å². The summed E-state index contributed by atoms with van der Waals surface area (Å²) in [6.07, 6.45) is 0.767. The molecule has 116 valence electrons. The van der Waals surface area contributed by atoms with Crippen molar-refractivity contribution in [3.05, 3.63) is 64.3 Å². The topological polar surface area (TPSA) is 48.3 Å². The van der Waals surface area contributed by atoms with Gasteiger partial charge >= 0.3 is 0 Å². The summed E-state index contributed by atoms with van der Waals surface area (Å²) in [5.74, 6) is 0.430. The van der Waals surface area contributed by atoms with Crippen LogP contribution in [0.4, 0.5) is 0 Å². The smallest absolute Gasteiger partial charge is 0.262 e. The Labute approximate surface area is 138 Å². The van der Waals surface area contributed by atoms with Crippen LogP contribution in [0.3, 0.4) is 0 Å². The average Bonchev–Trinajstić information content (AvgIpc) is 2.85. The van der Waals surface area contributed by atoms with Crippen molar-refractivity contribution in [2.45, 2.75) is 6.92 Å². The van der Waals surface area contributed by atoms with E-state index in [0.29, 0.717) is 38.5 Å². The van der Waals surface area contributed by atoms with Crippen molar-refractivity contribution in [2.75, 3.05) is 7.11 Å². The summed E-state index contributed by atoms with van der Waals surface area (Å²) >= 11 is 5.87. The molecule has 23 heavy (non-hydrogen) atoms. The molecule has 0 amide bonds. The molecule has 5 heteroatoms. The molecule has 4 nitrogen and oxygen atoms in total. The normalized spacial score (nSPS) is 10.7. The number of ether oxygens (including phenoxy) is 1. The predicted octanol–water partition coefficient (Wildman–Crippen LogP) is 4.11. The van der Waals surface area contributed by atoms with Crippen LogP contribution in [-0.2, 0) is 0 Å². The molecule has 3 rings (SSSR count). The summed E-state index contributed by atoms with van der Waals surface area (Å²) in [4.78, 5) is 24.3. The largest absolute Gasteiger partial charge is 0.497 e. The molecule has 2 aromatic carbocycles. The van der Waals surface area contributed by atoms with Gasteiger partial charge in [0.15, 0.2) is 6.29 Å². The van der Waals surface area contributed by atoms with Gasteiger partial charge in [0.05, 0.1) is 12.6 Å². The fourth-order valence-corrected chi connectivity index (χ4v) is 2.81. The first-order chi connectivity index (χ1) is 11.1. The van der Waals surface area contributed by atoms with Crippen molar-refractivity contribution >= 4 is 34.7 Å². The van der Waals surface area contributed by atoms with E-state index in [1.165, 1.54) is 0 Å². The summed E-state index contributed by atoms with van der Waals surface area (Å²) < 4.78 is 6.75. The number of nitrogens with zero attached hydrogens (tertiary/aromatic N) is 1. The number of carbonyl (C=O) groups is 2. The highest BCUT2D eigenvalue weighted by Gasteiger charge is 2.20. The number of rotatable bonds is 3. The fourth-order valence-electron chi connectivity index (χ4n) is 2.68. The Hall–Kier alpha value is -2.59. The van der Waals surface area contributed by atoms with Gasteiger partial charge in [0.1, 0.15) is 5.75 Å². The Balaban J connectivity index is 2.24. The van der Waals surface area contributed by atoms with Crippen LogP contribution in [0, 0.1) is 6.92 Å². The lowest BCUT2D eigenvalue weighted by Crippen LogP contribution is -2.13. The van der Waals surface area contributed by atoms with Gasteiger partial charge in [-0.1, -0.05) is 11.6 Å². The number of fused-ring (bicyclic) bond motifs is 1. The van der Waals surface area contributed by atoms with E-state index in [0.717, 1.165) is 6.29 Å². The van der Waals surface area contributed by atoms with Crippen molar-refractivity contribution in [1.29, 1.82) is 0 Å². The maximum absolute atomic E-state index is 12.8. The Morgan fingerprint density at radius 2 is 1.87 bits per heavy atom. The third-order valence-electron chi connectivity index (χ3n) is 3.87. The maximum Gasteiger partial charge on any atom is 0.262 e. The molecule has 0 fully saturated rings. The maximum atomic E-state index is 12.8. The van der Waals surface area contributed by atoms with Gasteiger partial charge in [-0.05, 0) is 49.4 Å². The summed E-state index contributed by atoms with van der Waals surface area (Å²) in [5.41, 5.74) is 2.26. The van der Waals surface area contributed by atoms with Gasteiger partial charge < -0.3 is 4.74 Å². The Morgan fingerprint density at radius 3 is 2.48 bits per heavy atom. The molecule has 0 bridgehead atoms. The number of halogens is 1. The number of methoxy groups -OCH3 is 1. The molecule has 0 atom stereocenters. The number of hydrogen-bond acceptors (Lipinski definition) is 3. The van der Waals surface area contributed by atoms with E-state index in [1.807, 2.05) is 0 Å². The van der Waals surface area contributed by atoms with E-state index in [1.54, 1.807) is 61.1 Å². The van der Waals surface area contributed by atoms with Gasteiger partial charge in [-0.2, -0.15) is 0 Å². The third kappa shape index (κ3) is 2.51. The number of benzene rings is 2. The highest BCUT2D eigenvalue weighted by atomic mass is 35.5. The zero-order chi connectivity index (χ0) is 16.6. The molecule has 3 aromatic rings. The van der Waals surface area contributed by atoms with Crippen LogP contribution in [0.15, 0.2) is 42.5 Å². The second kappa shape index (κ2) is 5.89. The van der Waals surface area contributed by atoms with Crippen molar-refractivity contribution in [3.63, 3.8) is 0 Å². The molecule has 0 aliphatic carbocycles. The van der Waals surface area contributed by atoms with Crippen LogP contribution in [0.1, 0.15) is 26.4 Å². The SMILES string of the molecule is COc1ccc2c(c1)c(C=O)c(C)n2C(=O)c1ccc(Cl)cc1. The van der Waals surface area contributed by atoms with Crippen LogP contribution in [0.5, 0.6) is 5.75 Å². The van der Waals surface area contributed by atoms with E-state index in [2.05, 4.69) is 0 Å². The lowest BCUT2D eigenvalue weighted by molar-refractivity contribution is 0.0963. The highest BCUT2D eigenvalue weighted by molar-refractivity contribution is 6.30. The molecule has 1 aromatic heterocycles. The van der Waals surface area contributed by atoms with Crippen LogP contribution < -0.4 is 4.74 Å². The second-order valence-corrected chi connectivity index (χ2v) is 5.58. The summed E-state index contributed by atoms with van der Waals surface area (Å²) in [7, 11) is 1.56. The van der Waals surface area contributed by atoms with Crippen molar-refractivity contribution in [2.24, 2.45) is 0 Å². The molecule has 0 aliphatic heterocycles. The third-order valence-corrected chi connectivity index (χ3v) is 4.12. The van der Waals surface area contributed by atoms with E-state index in [9.17, 15) is 9.59 Å². The minimum atomic E-state index is -0.206. The number of aldehydes is 1. The molecule has 0 aliphatic rings.